The van der Waals surface area contributed by atoms with E-state index in [2.05, 4.69) is 6.58 Å². The van der Waals surface area contributed by atoms with E-state index in [1.807, 2.05) is 20.8 Å². The SMILES string of the molecule is C=C(C)COC1C(C(=O)O)C1(C)C. The zero-order valence-corrected chi connectivity index (χ0v) is 8.33. The molecular weight excluding hydrogens is 168 g/mol. The van der Waals surface area contributed by atoms with E-state index < -0.39 is 5.97 Å². The van der Waals surface area contributed by atoms with Crippen molar-refractivity contribution in [3.8, 4) is 0 Å². The van der Waals surface area contributed by atoms with Crippen molar-refractivity contribution in [3.05, 3.63) is 12.2 Å². The fourth-order valence-electron chi connectivity index (χ4n) is 1.58. The standard InChI is InChI=1S/C10H16O3/c1-6(2)5-13-8-7(9(11)12)10(8,3)4/h7-8H,1,5H2,2-4H3,(H,11,12). The van der Waals surface area contributed by atoms with Crippen LogP contribution in [0.2, 0.25) is 0 Å². The van der Waals surface area contributed by atoms with Crippen molar-refractivity contribution in [3.63, 3.8) is 0 Å². The Morgan fingerprint density at radius 2 is 2.15 bits per heavy atom. The highest BCUT2D eigenvalue weighted by molar-refractivity contribution is 5.76. The molecule has 2 atom stereocenters. The number of aliphatic carboxylic acids is 1. The Bertz CT molecular complexity index is 243. The summed E-state index contributed by atoms with van der Waals surface area (Å²) < 4.78 is 5.42. The summed E-state index contributed by atoms with van der Waals surface area (Å²) in [6.07, 6.45) is -0.151. The molecule has 0 spiro atoms. The molecule has 0 aromatic rings. The fourth-order valence-corrected chi connectivity index (χ4v) is 1.58. The highest BCUT2D eigenvalue weighted by Crippen LogP contribution is 2.54. The second kappa shape index (κ2) is 3.14. The molecule has 13 heavy (non-hydrogen) atoms. The Balaban J connectivity index is 2.46. The van der Waals surface area contributed by atoms with E-state index in [4.69, 9.17) is 9.84 Å². The first-order chi connectivity index (χ1) is 5.87. The van der Waals surface area contributed by atoms with Crippen molar-refractivity contribution in [2.45, 2.75) is 26.9 Å². The molecule has 0 aliphatic heterocycles. The summed E-state index contributed by atoms with van der Waals surface area (Å²) in [7, 11) is 0. The zero-order chi connectivity index (χ0) is 10.2. The Morgan fingerprint density at radius 3 is 2.46 bits per heavy atom. The lowest BCUT2D eigenvalue weighted by Crippen LogP contribution is -2.06. The van der Waals surface area contributed by atoms with E-state index >= 15 is 0 Å². The van der Waals surface area contributed by atoms with E-state index in [0.717, 1.165) is 5.57 Å². The van der Waals surface area contributed by atoms with Crippen LogP contribution in [0.5, 0.6) is 0 Å². The van der Waals surface area contributed by atoms with Crippen LogP contribution in [-0.2, 0) is 9.53 Å². The van der Waals surface area contributed by atoms with Gasteiger partial charge in [-0.25, -0.2) is 0 Å². The van der Waals surface area contributed by atoms with Crippen LogP contribution in [0.4, 0.5) is 0 Å². The molecule has 3 nitrogen and oxygen atoms in total. The molecule has 2 unspecified atom stereocenters. The molecule has 0 bridgehead atoms. The van der Waals surface area contributed by atoms with Crippen LogP contribution < -0.4 is 0 Å². The van der Waals surface area contributed by atoms with Crippen molar-refractivity contribution < 1.29 is 14.6 Å². The van der Waals surface area contributed by atoms with Crippen molar-refractivity contribution in [1.29, 1.82) is 0 Å². The van der Waals surface area contributed by atoms with Gasteiger partial charge in [-0.1, -0.05) is 26.0 Å². The van der Waals surface area contributed by atoms with Gasteiger partial charge in [-0.15, -0.1) is 0 Å². The maximum Gasteiger partial charge on any atom is 0.309 e. The fraction of sp³-hybridized carbons (Fsp3) is 0.700. The van der Waals surface area contributed by atoms with Crippen molar-refractivity contribution in [1.82, 2.24) is 0 Å². The summed E-state index contributed by atoms with van der Waals surface area (Å²) in [5, 5.41) is 8.82. The van der Waals surface area contributed by atoms with Gasteiger partial charge in [0.2, 0.25) is 0 Å². The van der Waals surface area contributed by atoms with Crippen LogP contribution in [0, 0.1) is 11.3 Å². The lowest BCUT2D eigenvalue weighted by Gasteiger charge is -2.03. The lowest BCUT2D eigenvalue weighted by atomic mass is 10.1. The van der Waals surface area contributed by atoms with E-state index in [1.165, 1.54) is 0 Å². The largest absolute Gasteiger partial charge is 0.481 e. The predicted octanol–water partition coefficient (Wildman–Crippen LogP) is 1.69. The zero-order valence-electron chi connectivity index (χ0n) is 8.33. The van der Waals surface area contributed by atoms with Gasteiger partial charge in [0.25, 0.3) is 0 Å². The van der Waals surface area contributed by atoms with E-state index in [1.54, 1.807) is 0 Å². The van der Waals surface area contributed by atoms with Gasteiger partial charge in [-0.3, -0.25) is 4.79 Å². The number of rotatable bonds is 4. The number of carboxylic acid groups (broad SMARTS) is 1. The molecule has 1 fully saturated rings. The third-order valence-electron chi connectivity index (χ3n) is 2.50. The van der Waals surface area contributed by atoms with Crippen molar-refractivity contribution in [2.24, 2.45) is 11.3 Å². The maximum absolute atomic E-state index is 10.7. The van der Waals surface area contributed by atoms with Gasteiger partial charge in [0, 0.05) is 5.41 Å². The third kappa shape index (κ3) is 1.91. The van der Waals surface area contributed by atoms with Crippen molar-refractivity contribution >= 4 is 5.97 Å². The van der Waals surface area contributed by atoms with Crippen LogP contribution in [0.15, 0.2) is 12.2 Å². The predicted molar refractivity (Wildman–Crippen MR) is 49.5 cm³/mol. The number of carbonyl (C=O) groups is 1. The molecule has 3 heteroatoms. The van der Waals surface area contributed by atoms with Crippen LogP contribution in [0.3, 0.4) is 0 Å². The average Bonchev–Trinajstić information content (AvgIpc) is 2.48. The van der Waals surface area contributed by atoms with Gasteiger partial charge < -0.3 is 9.84 Å². The highest BCUT2D eigenvalue weighted by atomic mass is 16.5. The minimum Gasteiger partial charge on any atom is -0.481 e. The minimum atomic E-state index is -0.767. The molecule has 1 aliphatic carbocycles. The highest BCUT2D eigenvalue weighted by Gasteiger charge is 2.63. The first-order valence-corrected chi connectivity index (χ1v) is 4.36. The van der Waals surface area contributed by atoms with Gasteiger partial charge in [0.1, 0.15) is 0 Å². The van der Waals surface area contributed by atoms with Gasteiger partial charge in [0.05, 0.1) is 18.6 Å². The Kier molecular flexibility index (Phi) is 2.48. The number of ether oxygens (including phenoxy) is 1. The quantitative estimate of drug-likeness (QED) is 0.676. The second-order valence-electron chi connectivity index (χ2n) is 4.33. The number of hydrogen-bond donors (Lipinski definition) is 1. The molecule has 1 rings (SSSR count). The summed E-state index contributed by atoms with van der Waals surface area (Å²) in [4.78, 5) is 10.7. The maximum atomic E-state index is 10.7. The van der Waals surface area contributed by atoms with Crippen LogP contribution in [-0.4, -0.2) is 23.8 Å². The van der Waals surface area contributed by atoms with Gasteiger partial charge in [-0.2, -0.15) is 0 Å². The third-order valence-corrected chi connectivity index (χ3v) is 2.50. The summed E-state index contributed by atoms with van der Waals surface area (Å²) in [6, 6.07) is 0. The van der Waals surface area contributed by atoms with Gasteiger partial charge in [0.15, 0.2) is 0 Å². The lowest BCUT2D eigenvalue weighted by molar-refractivity contribution is -0.140. The summed E-state index contributed by atoms with van der Waals surface area (Å²) >= 11 is 0. The Morgan fingerprint density at radius 1 is 1.62 bits per heavy atom. The molecule has 1 aliphatic rings. The minimum absolute atomic E-state index is 0.151. The van der Waals surface area contributed by atoms with Crippen LogP contribution in [0.1, 0.15) is 20.8 Å². The van der Waals surface area contributed by atoms with E-state index in [0.29, 0.717) is 6.61 Å². The number of carboxylic acids is 1. The van der Waals surface area contributed by atoms with Gasteiger partial charge >= 0.3 is 5.97 Å². The smallest absolute Gasteiger partial charge is 0.309 e. The number of hydrogen-bond acceptors (Lipinski definition) is 2. The topological polar surface area (TPSA) is 46.5 Å². The molecule has 0 saturated heterocycles. The summed E-state index contributed by atoms with van der Waals surface area (Å²) in [6.45, 7) is 9.85. The van der Waals surface area contributed by atoms with Gasteiger partial charge in [-0.05, 0) is 6.92 Å². The molecular formula is C10H16O3. The molecule has 0 aromatic carbocycles. The summed E-state index contributed by atoms with van der Waals surface area (Å²) in [5.41, 5.74) is 0.702. The molecule has 0 amide bonds. The summed E-state index contributed by atoms with van der Waals surface area (Å²) in [5.74, 6) is -1.12. The van der Waals surface area contributed by atoms with E-state index in [9.17, 15) is 4.79 Å². The molecule has 74 valence electrons. The first kappa shape index (κ1) is 10.3. The Labute approximate surface area is 78.4 Å². The van der Waals surface area contributed by atoms with Crippen LogP contribution in [0.25, 0.3) is 0 Å². The Hall–Kier alpha value is -0.830. The molecule has 1 N–H and O–H groups in total. The molecule has 1 saturated carbocycles. The monoisotopic (exact) mass is 184 g/mol. The van der Waals surface area contributed by atoms with Crippen LogP contribution >= 0.6 is 0 Å². The normalized spacial score (nSPS) is 29.8. The molecule has 0 heterocycles. The molecule has 0 aromatic heterocycles. The second-order valence-corrected chi connectivity index (χ2v) is 4.33. The van der Waals surface area contributed by atoms with Crippen molar-refractivity contribution in [2.75, 3.05) is 6.61 Å². The van der Waals surface area contributed by atoms with E-state index in [-0.39, 0.29) is 17.4 Å². The average molecular weight is 184 g/mol. The first-order valence-electron chi connectivity index (χ1n) is 4.36. The molecule has 0 radical (unpaired) electrons.